The van der Waals surface area contributed by atoms with E-state index in [-0.39, 0.29) is 23.8 Å². The molecule has 0 aliphatic carbocycles. The fourth-order valence-corrected chi connectivity index (χ4v) is 3.74. The number of para-hydroxylation sites is 1. The number of carbonyl (C=O) groups excluding carboxylic acids is 1. The van der Waals surface area contributed by atoms with Crippen molar-refractivity contribution in [1.82, 2.24) is 0 Å². The first-order chi connectivity index (χ1) is 15.5. The van der Waals surface area contributed by atoms with Crippen LogP contribution in [0.25, 0.3) is 0 Å². The largest absolute Gasteiger partial charge is 0.482 e. The van der Waals surface area contributed by atoms with E-state index in [1.807, 2.05) is 37.3 Å². The molecule has 1 atom stereocenters. The molecule has 0 amide bonds. The highest BCUT2D eigenvalue weighted by Crippen LogP contribution is 2.43. The van der Waals surface area contributed by atoms with E-state index in [1.165, 1.54) is 0 Å². The summed E-state index contributed by atoms with van der Waals surface area (Å²) in [5.41, 5.74) is 8.75. The Hall–Kier alpha value is -3.95. The van der Waals surface area contributed by atoms with Gasteiger partial charge in [0, 0.05) is 16.7 Å². The van der Waals surface area contributed by atoms with E-state index >= 15 is 0 Å². The third-order valence-electron chi connectivity index (χ3n) is 5.04. The van der Waals surface area contributed by atoms with Gasteiger partial charge in [-0.15, -0.1) is 0 Å². The van der Waals surface area contributed by atoms with Crippen LogP contribution in [-0.4, -0.2) is 12.6 Å². The molecule has 0 radical (unpaired) electrons. The van der Waals surface area contributed by atoms with E-state index in [9.17, 15) is 10.1 Å². The van der Waals surface area contributed by atoms with Crippen molar-refractivity contribution in [1.29, 1.82) is 5.26 Å². The summed E-state index contributed by atoms with van der Waals surface area (Å²) in [4.78, 5) is 12.3. The van der Waals surface area contributed by atoms with Crippen LogP contribution in [0.2, 0.25) is 5.02 Å². The lowest BCUT2D eigenvalue weighted by Gasteiger charge is -2.26. The molecule has 3 aromatic carbocycles. The van der Waals surface area contributed by atoms with Crippen molar-refractivity contribution in [2.24, 2.45) is 5.73 Å². The minimum atomic E-state index is -0.559. The number of nitrogens with two attached hydrogens (primary N) is 1. The summed E-state index contributed by atoms with van der Waals surface area (Å²) < 4.78 is 16.6. The van der Waals surface area contributed by atoms with E-state index in [1.54, 1.807) is 36.4 Å². The highest BCUT2D eigenvalue weighted by molar-refractivity contribution is 6.30. The van der Waals surface area contributed by atoms with Gasteiger partial charge in [0.05, 0.1) is 5.92 Å². The van der Waals surface area contributed by atoms with Gasteiger partial charge < -0.3 is 19.9 Å². The Morgan fingerprint density at radius 1 is 1.16 bits per heavy atom. The molecule has 6 nitrogen and oxygen atoms in total. The maximum Gasteiger partial charge on any atom is 0.349 e. The summed E-state index contributed by atoms with van der Waals surface area (Å²) in [5.74, 6) is 0.283. The van der Waals surface area contributed by atoms with Gasteiger partial charge in [-0.05, 0) is 42.3 Å². The predicted molar refractivity (Wildman–Crippen MR) is 120 cm³/mol. The van der Waals surface area contributed by atoms with Crippen molar-refractivity contribution >= 4 is 17.6 Å². The molecule has 4 rings (SSSR count). The van der Waals surface area contributed by atoms with Gasteiger partial charge in [-0.2, -0.15) is 5.26 Å². The summed E-state index contributed by atoms with van der Waals surface area (Å²) in [7, 11) is 0. The average molecular weight is 447 g/mol. The maximum atomic E-state index is 12.3. The van der Waals surface area contributed by atoms with Gasteiger partial charge in [-0.25, -0.2) is 4.79 Å². The summed E-state index contributed by atoms with van der Waals surface area (Å²) in [5, 5.41) is 10.2. The molecule has 2 N–H and O–H groups in total. The molecule has 0 saturated carbocycles. The Morgan fingerprint density at radius 2 is 1.97 bits per heavy atom. The van der Waals surface area contributed by atoms with Crippen LogP contribution in [0, 0.1) is 18.3 Å². The number of fused-ring (bicyclic) bond motifs is 1. The molecule has 1 aliphatic rings. The van der Waals surface area contributed by atoms with Crippen LogP contribution in [0.15, 0.2) is 78.2 Å². The number of hydrogen-bond donors (Lipinski definition) is 1. The lowest BCUT2D eigenvalue weighted by atomic mass is 9.83. The highest BCUT2D eigenvalue weighted by atomic mass is 35.5. The number of hydrogen-bond acceptors (Lipinski definition) is 6. The van der Waals surface area contributed by atoms with Crippen molar-refractivity contribution in [2.45, 2.75) is 12.8 Å². The number of rotatable bonds is 5. The fraction of sp³-hybridized carbons (Fsp3) is 0.120. The summed E-state index contributed by atoms with van der Waals surface area (Å²) >= 11 is 6.15. The Balaban J connectivity index is 1.56. The lowest BCUT2D eigenvalue weighted by molar-refractivity contribution is -0.136. The minimum absolute atomic E-state index is 0.00339. The van der Waals surface area contributed by atoms with Gasteiger partial charge >= 0.3 is 5.97 Å². The highest BCUT2D eigenvalue weighted by Gasteiger charge is 2.31. The standard InChI is InChI=1S/C25H19ClN2O4/c1-15-5-2-3-8-21(15)30-14-23(29)31-18-9-10-19-22(12-18)32-25(28)20(13-27)24(19)16-6-4-7-17(26)11-16/h2-12,24H,14,28H2,1H3. The zero-order valence-electron chi connectivity index (χ0n) is 17.2. The Bertz CT molecular complexity index is 1260. The molecule has 32 heavy (non-hydrogen) atoms. The SMILES string of the molecule is Cc1ccccc1OCC(=O)Oc1ccc2c(c1)OC(N)=C(C#N)C2c1cccc(Cl)c1. The van der Waals surface area contributed by atoms with Crippen LogP contribution in [-0.2, 0) is 4.79 Å². The Morgan fingerprint density at radius 3 is 2.72 bits per heavy atom. The smallest absolute Gasteiger partial charge is 0.349 e. The van der Waals surface area contributed by atoms with Crippen molar-refractivity contribution in [3.8, 4) is 23.3 Å². The molecule has 0 saturated heterocycles. The van der Waals surface area contributed by atoms with E-state index in [2.05, 4.69) is 6.07 Å². The van der Waals surface area contributed by atoms with Gasteiger partial charge in [0.25, 0.3) is 0 Å². The van der Waals surface area contributed by atoms with Crippen LogP contribution >= 0.6 is 11.6 Å². The number of allylic oxidation sites excluding steroid dienone is 1. The summed E-state index contributed by atoms with van der Waals surface area (Å²) in [6.45, 7) is 1.65. The quantitative estimate of drug-likeness (QED) is 0.444. The topological polar surface area (TPSA) is 94.6 Å². The van der Waals surface area contributed by atoms with Crippen molar-refractivity contribution in [2.75, 3.05) is 6.61 Å². The number of nitriles is 1. The first-order valence-electron chi connectivity index (χ1n) is 9.82. The number of carbonyl (C=O) groups is 1. The molecule has 0 aromatic heterocycles. The zero-order chi connectivity index (χ0) is 22.7. The van der Waals surface area contributed by atoms with Crippen molar-refractivity contribution in [3.63, 3.8) is 0 Å². The van der Waals surface area contributed by atoms with Gasteiger partial charge in [0.1, 0.15) is 28.9 Å². The lowest BCUT2D eigenvalue weighted by Crippen LogP contribution is -2.21. The number of esters is 1. The van der Waals surface area contributed by atoms with E-state index < -0.39 is 11.9 Å². The van der Waals surface area contributed by atoms with Crippen molar-refractivity contribution < 1.29 is 19.0 Å². The predicted octanol–water partition coefficient (Wildman–Crippen LogP) is 4.85. The number of benzene rings is 3. The third-order valence-corrected chi connectivity index (χ3v) is 5.28. The molecule has 160 valence electrons. The number of nitrogens with zero attached hydrogens (tertiary/aromatic N) is 1. The second-order valence-corrected chi connectivity index (χ2v) is 7.64. The Labute approximate surface area is 190 Å². The Kier molecular flexibility index (Phi) is 6.02. The number of halogens is 1. The van der Waals surface area contributed by atoms with E-state index in [0.29, 0.717) is 22.1 Å². The second-order valence-electron chi connectivity index (χ2n) is 7.21. The van der Waals surface area contributed by atoms with Gasteiger partial charge in [-0.1, -0.05) is 48.0 Å². The molecule has 0 fully saturated rings. The normalized spacial score (nSPS) is 14.7. The van der Waals surface area contributed by atoms with Crippen LogP contribution < -0.4 is 19.9 Å². The van der Waals surface area contributed by atoms with E-state index in [4.69, 9.17) is 31.5 Å². The number of aryl methyl sites for hydroxylation is 1. The second kappa shape index (κ2) is 9.04. The third kappa shape index (κ3) is 4.39. The minimum Gasteiger partial charge on any atom is -0.482 e. The molecule has 0 bridgehead atoms. The van der Waals surface area contributed by atoms with Gasteiger partial charge in [-0.3, -0.25) is 0 Å². The van der Waals surface area contributed by atoms with Crippen LogP contribution in [0.1, 0.15) is 22.6 Å². The molecule has 0 spiro atoms. The van der Waals surface area contributed by atoms with Crippen LogP contribution in [0.3, 0.4) is 0 Å². The van der Waals surface area contributed by atoms with Gasteiger partial charge in [0.15, 0.2) is 6.61 Å². The average Bonchev–Trinajstić information content (AvgIpc) is 2.77. The van der Waals surface area contributed by atoms with Crippen LogP contribution in [0.4, 0.5) is 0 Å². The van der Waals surface area contributed by atoms with Crippen molar-refractivity contribution in [3.05, 3.63) is 99.9 Å². The molecule has 1 heterocycles. The fourth-order valence-electron chi connectivity index (χ4n) is 3.54. The monoisotopic (exact) mass is 446 g/mol. The molecular weight excluding hydrogens is 428 g/mol. The summed E-state index contributed by atoms with van der Waals surface area (Å²) in [6.07, 6.45) is 0. The molecular formula is C25H19ClN2O4. The first kappa shape index (κ1) is 21.3. The van der Waals surface area contributed by atoms with Crippen LogP contribution in [0.5, 0.6) is 17.2 Å². The molecule has 1 aliphatic heterocycles. The summed E-state index contributed by atoms with van der Waals surface area (Å²) in [6, 6.07) is 21.7. The number of ether oxygens (including phenoxy) is 3. The zero-order valence-corrected chi connectivity index (χ0v) is 17.9. The molecule has 1 unspecified atom stereocenters. The first-order valence-corrected chi connectivity index (χ1v) is 10.2. The van der Waals surface area contributed by atoms with Gasteiger partial charge in [0.2, 0.25) is 5.88 Å². The maximum absolute atomic E-state index is 12.3. The molecule has 7 heteroatoms. The molecule has 3 aromatic rings. The van der Waals surface area contributed by atoms with E-state index in [0.717, 1.165) is 11.1 Å².